The maximum atomic E-state index is 6.17. The summed E-state index contributed by atoms with van der Waals surface area (Å²) in [6.07, 6.45) is 1.92. The van der Waals surface area contributed by atoms with E-state index in [1.165, 1.54) is 0 Å². The zero-order chi connectivity index (χ0) is 11.5. The largest absolute Gasteiger partial charge is 0.314 e. The summed E-state index contributed by atoms with van der Waals surface area (Å²) >= 11 is 8.41. The van der Waals surface area contributed by atoms with Crippen LogP contribution in [0.3, 0.4) is 0 Å². The molecule has 1 N–H and O–H groups in total. The van der Waals surface area contributed by atoms with Crippen LogP contribution in [-0.4, -0.2) is 16.8 Å². The van der Waals surface area contributed by atoms with Crippen molar-refractivity contribution in [3.63, 3.8) is 0 Å². The molecule has 0 radical (unpaired) electrons. The third-order valence-corrected chi connectivity index (χ3v) is 3.13. The lowest BCUT2D eigenvalue weighted by Crippen LogP contribution is -2.06. The normalized spacial score (nSPS) is 10.7. The third-order valence-electron chi connectivity index (χ3n) is 2.16. The first-order valence-electron chi connectivity index (χ1n) is 4.85. The number of hydrogen-bond donors (Lipinski definition) is 1. The van der Waals surface area contributed by atoms with Gasteiger partial charge in [-0.05, 0) is 53.9 Å². The Morgan fingerprint density at radius 3 is 2.94 bits per heavy atom. The summed E-state index contributed by atoms with van der Waals surface area (Å²) in [5.41, 5.74) is 1.90. The predicted octanol–water partition coefficient (Wildman–Crippen LogP) is 2.85. The van der Waals surface area contributed by atoms with Crippen molar-refractivity contribution in [2.24, 2.45) is 0 Å². The van der Waals surface area contributed by atoms with Gasteiger partial charge in [0.05, 0.1) is 16.4 Å². The highest BCUT2D eigenvalue weighted by atomic mass is 127. The topological polar surface area (TPSA) is 29.9 Å². The number of nitrogens with one attached hydrogen (secondary N) is 1. The van der Waals surface area contributed by atoms with Crippen molar-refractivity contribution >= 4 is 34.2 Å². The first kappa shape index (κ1) is 11.9. The van der Waals surface area contributed by atoms with Crippen LogP contribution in [0, 0.1) is 3.57 Å². The van der Waals surface area contributed by atoms with Crippen LogP contribution in [-0.2, 0) is 6.54 Å². The second-order valence-electron chi connectivity index (χ2n) is 3.38. The fourth-order valence-electron chi connectivity index (χ4n) is 1.44. The van der Waals surface area contributed by atoms with E-state index in [1.807, 2.05) is 37.5 Å². The minimum absolute atomic E-state index is 0.714. The fourth-order valence-corrected chi connectivity index (χ4v) is 2.38. The van der Waals surface area contributed by atoms with E-state index in [9.17, 15) is 0 Å². The van der Waals surface area contributed by atoms with Gasteiger partial charge in [0.2, 0.25) is 0 Å². The molecule has 84 valence electrons. The summed E-state index contributed by atoms with van der Waals surface area (Å²) in [6.45, 7) is 0.759. The molecule has 0 atom stereocenters. The van der Waals surface area contributed by atoms with E-state index in [-0.39, 0.29) is 0 Å². The Bertz CT molecular complexity index is 496. The van der Waals surface area contributed by atoms with Gasteiger partial charge in [0.25, 0.3) is 0 Å². The van der Waals surface area contributed by atoms with Crippen LogP contribution in [0.2, 0.25) is 5.02 Å². The van der Waals surface area contributed by atoms with Gasteiger partial charge in [-0.15, -0.1) is 0 Å². The van der Waals surface area contributed by atoms with Gasteiger partial charge in [0.1, 0.15) is 0 Å². The van der Waals surface area contributed by atoms with Crippen molar-refractivity contribution in [2.75, 3.05) is 7.05 Å². The number of rotatable bonds is 3. The van der Waals surface area contributed by atoms with Crippen molar-refractivity contribution < 1.29 is 0 Å². The molecule has 0 saturated heterocycles. The summed E-state index contributed by atoms with van der Waals surface area (Å²) in [7, 11) is 1.90. The molecule has 0 amide bonds. The van der Waals surface area contributed by atoms with E-state index >= 15 is 0 Å². The molecule has 5 heteroatoms. The quantitative estimate of drug-likeness (QED) is 0.865. The molecule has 0 aliphatic rings. The first-order valence-corrected chi connectivity index (χ1v) is 6.31. The van der Waals surface area contributed by atoms with Gasteiger partial charge in [-0.3, -0.25) is 0 Å². The Morgan fingerprint density at radius 2 is 2.25 bits per heavy atom. The molecule has 0 saturated carbocycles. The van der Waals surface area contributed by atoms with E-state index in [1.54, 1.807) is 4.68 Å². The van der Waals surface area contributed by atoms with Crippen LogP contribution < -0.4 is 5.32 Å². The summed E-state index contributed by atoms with van der Waals surface area (Å²) in [4.78, 5) is 0. The summed E-state index contributed by atoms with van der Waals surface area (Å²) in [5.74, 6) is 0. The Morgan fingerprint density at radius 1 is 1.44 bits per heavy atom. The number of benzene rings is 1. The monoisotopic (exact) mass is 347 g/mol. The smallest absolute Gasteiger partial charge is 0.0832 e. The average Bonchev–Trinajstić information content (AvgIpc) is 2.67. The molecule has 1 aromatic heterocycles. The number of hydrogen-bond acceptors (Lipinski definition) is 2. The second kappa shape index (κ2) is 5.16. The Labute approximate surface area is 113 Å². The van der Waals surface area contributed by atoms with Crippen LogP contribution in [0.4, 0.5) is 0 Å². The summed E-state index contributed by atoms with van der Waals surface area (Å²) in [6, 6.07) is 7.89. The van der Waals surface area contributed by atoms with Crippen LogP contribution in [0.25, 0.3) is 5.69 Å². The van der Waals surface area contributed by atoms with E-state index in [0.29, 0.717) is 5.02 Å². The lowest BCUT2D eigenvalue weighted by molar-refractivity contribution is 0.757. The second-order valence-corrected chi connectivity index (χ2v) is 5.03. The molecule has 1 heterocycles. The molecule has 0 aliphatic carbocycles. The van der Waals surface area contributed by atoms with Crippen LogP contribution in [0.1, 0.15) is 5.69 Å². The zero-order valence-corrected chi connectivity index (χ0v) is 11.7. The highest BCUT2D eigenvalue weighted by molar-refractivity contribution is 14.1. The zero-order valence-electron chi connectivity index (χ0n) is 8.74. The summed E-state index contributed by atoms with van der Waals surface area (Å²) in [5, 5.41) is 8.20. The predicted molar refractivity (Wildman–Crippen MR) is 74.1 cm³/mol. The molecule has 0 bridgehead atoms. The average molecular weight is 348 g/mol. The van der Waals surface area contributed by atoms with Gasteiger partial charge < -0.3 is 5.32 Å². The molecule has 16 heavy (non-hydrogen) atoms. The molecule has 2 rings (SSSR count). The molecule has 2 aromatic rings. The lowest BCUT2D eigenvalue weighted by atomic mass is 10.3. The van der Waals surface area contributed by atoms with Gasteiger partial charge in [-0.25, -0.2) is 4.68 Å². The maximum Gasteiger partial charge on any atom is 0.0832 e. The van der Waals surface area contributed by atoms with Crippen molar-refractivity contribution in [2.45, 2.75) is 6.54 Å². The third kappa shape index (κ3) is 2.56. The Kier molecular flexibility index (Phi) is 3.83. The molecular weight excluding hydrogens is 336 g/mol. The van der Waals surface area contributed by atoms with E-state index < -0.39 is 0 Å². The van der Waals surface area contributed by atoms with Crippen LogP contribution in [0.5, 0.6) is 0 Å². The standard InChI is InChI=1S/C11H11ClIN3/c1-14-7-9-4-5-16(15-9)11-3-2-8(13)6-10(11)12/h2-6,14H,7H2,1H3. The van der Waals surface area contributed by atoms with Gasteiger partial charge in [-0.1, -0.05) is 11.6 Å². The minimum atomic E-state index is 0.714. The number of nitrogens with zero attached hydrogens (tertiary/aromatic N) is 2. The number of aromatic nitrogens is 2. The molecule has 3 nitrogen and oxygen atoms in total. The molecule has 0 spiro atoms. The van der Waals surface area contributed by atoms with Crippen LogP contribution >= 0.6 is 34.2 Å². The van der Waals surface area contributed by atoms with E-state index in [4.69, 9.17) is 11.6 Å². The van der Waals surface area contributed by atoms with Crippen LogP contribution in [0.15, 0.2) is 30.5 Å². The molecular formula is C11H11ClIN3. The van der Waals surface area contributed by atoms with Gasteiger partial charge in [0, 0.05) is 16.3 Å². The van der Waals surface area contributed by atoms with Crippen molar-refractivity contribution in [3.05, 3.63) is 44.7 Å². The number of halogens is 2. The van der Waals surface area contributed by atoms with Crippen molar-refractivity contribution in [3.8, 4) is 5.69 Å². The van der Waals surface area contributed by atoms with E-state index in [0.717, 1.165) is 21.5 Å². The van der Waals surface area contributed by atoms with E-state index in [2.05, 4.69) is 33.0 Å². The van der Waals surface area contributed by atoms with Gasteiger partial charge in [0.15, 0.2) is 0 Å². The van der Waals surface area contributed by atoms with Crippen molar-refractivity contribution in [1.29, 1.82) is 0 Å². The van der Waals surface area contributed by atoms with Gasteiger partial charge in [-0.2, -0.15) is 5.10 Å². The lowest BCUT2D eigenvalue weighted by Gasteiger charge is -2.04. The highest BCUT2D eigenvalue weighted by Gasteiger charge is 2.05. The molecule has 0 unspecified atom stereocenters. The molecule has 1 aromatic carbocycles. The van der Waals surface area contributed by atoms with Gasteiger partial charge >= 0.3 is 0 Å². The molecule has 0 fully saturated rings. The fraction of sp³-hybridized carbons (Fsp3) is 0.182. The minimum Gasteiger partial charge on any atom is -0.314 e. The SMILES string of the molecule is CNCc1ccn(-c2ccc(I)cc2Cl)n1. The Hall–Kier alpha value is -0.590. The summed E-state index contributed by atoms with van der Waals surface area (Å²) < 4.78 is 2.92. The first-order chi connectivity index (χ1) is 7.70. The molecule has 0 aliphatic heterocycles. The maximum absolute atomic E-state index is 6.17. The Balaban J connectivity index is 2.35. The highest BCUT2D eigenvalue weighted by Crippen LogP contribution is 2.22. The van der Waals surface area contributed by atoms with Crippen molar-refractivity contribution in [1.82, 2.24) is 15.1 Å².